The van der Waals surface area contributed by atoms with Gasteiger partial charge in [-0.25, -0.2) is 4.98 Å². The van der Waals surface area contributed by atoms with Crippen LogP contribution in [0.2, 0.25) is 0 Å². The van der Waals surface area contributed by atoms with Crippen molar-refractivity contribution in [2.24, 2.45) is 0 Å². The summed E-state index contributed by atoms with van der Waals surface area (Å²) in [5.41, 5.74) is 1.17. The second-order valence-electron chi connectivity index (χ2n) is 4.55. The molecule has 5 nitrogen and oxygen atoms in total. The Balaban J connectivity index is 2.02. The van der Waals surface area contributed by atoms with E-state index in [2.05, 4.69) is 15.3 Å². The summed E-state index contributed by atoms with van der Waals surface area (Å²) in [6.45, 7) is 0. The van der Waals surface area contributed by atoms with Gasteiger partial charge in [-0.2, -0.15) is 0 Å². The Kier molecular flexibility index (Phi) is 5.06. The van der Waals surface area contributed by atoms with Gasteiger partial charge in [0.2, 0.25) is 0 Å². The van der Waals surface area contributed by atoms with E-state index in [1.807, 2.05) is 30.3 Å². The second-order valence-corrected chi connectivity index (χ2v) is 4.55. The SMILES string of the molecule is O=C(O)CCC(Cc1ccccc1)Nc1cnccn1. The number of anilines is 1. The predicted octanol–water partition coefficient (Wildman–Crippen LogP) is 2.36. The van der Waals surface area contributed by atoms with Crippen LogP contribution in [0.25, 0.3) is 0 Å². The number of aromatic nitrogens is 2. The zero-order chi connectivity index (χ0) is 14.2. The molecule has 0 bridgehead atoms. The molecule has 1 atom stereocenters. The summed E-state index contributed by atoms with van der Waals surface area (Å²) < 4.78 is 0. The average molecular weight is 271 g/mol. The van der Waals surface area contributed by atoms with Crippen LogP contribution in [0.3, 0.4) is 0 Å². The van der Waals surface area contributed by atoms with Gasteiger partial charge in [-0.05, 0) is 18.4 Å². The van der Waals surface area contributed by atoms with Gasteiger partial charge in [0.1, 0.15) is 5.82 Å². The van der Waals surface area contributed by atoms with Gasteiger partial charge in [0.25, 0.3) is 0 Å². The first kappa shape index (κ1) is 14.0. The van der Waals surface area contributed by atoms with Crippen molar-refractivity contribution in [3.8, 4) is 0 Å². The van der Waals surface area contributed by atoms with Crippen molar-refractivity contribution in [2.45, 2.75) is 25.3 Å². The molecule has 0 spiro atoms. The van der Waals surface area contributed by atoms with Crippen LogP contribution < -0.4 is 5.32 Å². The van der Waals surface area contributed by atoms with Gasteiger partial charge in [-0.1, -0.05) is 30.3 Å². The molecule has 2 N–H and O–H groups in total. The summed E-state index contributed by atoms with van der Waals surface area (Å²) in [4.78, 5) is 18.9. The van der Waals surface area contributed by atoms with E-state index in [4.69, 9.17) is 5.11 Å². The molecular weight excluding hydrogens is 254 g/mol. The molecule has 104 valence electrons. The van der Waals surface area contributed by atoms with Crippen molar-refractivity contribution in [1.82, 2.24) is 9.97 Å². The number of benzene rings is 1. The minimum absolute atomic E-state index is 0.0187. The number of nitrogens with zero attached hydrogens (tertiary/aromatic N) is 2. The molecule has 1 heterocycles. The maximum absolute atomic E-state index is 10.8. The minimum atomic E-state index is -0.788. The summed E-state index contributed by atoms with van der Waals surface area (Å²) in [6.07, 6.45) is 6.28. The number of carbonyl (C=O) groups is 1. The summed E-state index contributed by atoms with van der Waals surface area (Å²) in [5.74, 6) is -0.122. The summed E-state index contributed by atoms with van der Waals surface area (Å²) in [7, 11) is 0. The fourth-order valence-corrected chi connectivity index (χ4v) is 2.00. The van der Waals surface area contributed by atoms with E-state index >= 15 is 0 Å². The lowest BCUT2D eigenvalue weighted by Crippen LogP contribution is -2.24. The molecular formula is C15H17N3O2. The van der Waals surface area contributed by atoms with Gasteiger partial charge < -0.3 is 10.4 Å². The van der Waals surface area contributed by atoms with E-state index < -0.39 is 5.97 Å². The molecule has 0 saturated carbocycles. The van der Waals surface area contributed by atoms with Gasteiger partial charge in [-0.3, -0.25) is 9.78 Å². The predicted molar refractivity (Wildman–Crippen MR) is 76.5 cm³/mol. The molecule has 0 radical (unpaired) electrons. The van der Waals surface area contributed by atoms with Crippen molar-refractivity contribution in [3.63, 3.8) is 0 Å². The average Bonchev–Trinajstić information content (AvgIpc) is 2.47. The first-order valence-corrected chi connectivity index (χ1v) is 6.52. The summed E-state index contributed by atoms with van der Waals surface area (Å²) in [6, 6.07) is 10.0. The van der Waals surface area contributed by atoms with Crippen molar-refractivity contribution < 1.29 is 9.90 Å². The van der Waals surface area contributed by atoms with Crippen LogP contribution in [0.4, 0.5) is 5.82 Å². The van der Waals surface area contributed by atoms with E-state index in [0.717, 1.165) is 6.42 Å². The molecule has 5 heteroatoms. The van der Waals surface area contributed by atoms with Crippen molar-refractivity contribution in [3.05, 3.63) is 54.5 Å². The third-order valence-corrected chi connectivity index (χ3v) is 2.95. The van der Waals surface area contributed by atoms with Crippen LogP contribution >= 0.6 is 0 Å². The highest BCUT2D eigenvalue weighted by atomic mass is 16.4. The van der Waals surface area contributed by atoms with Crippen molar-refractivity contribution >= 4 is 11.8 Å². The van der Waals surface area contributed by atoms with Crippen molar-refractivity contribution in [1.29, 1.82) is 0 Å². The molecule has 1 unspecified atom stereocenters. The standard InChI is InChI=1S/C15H17N3O2/c19-15(20)7-6-13(10-12-4-2-1-3-5-12)18-14-11-16-8-9-17-14/h1-5,8-9,11,13H,6-7,10H2,(H,17,18)(H,19,20). The normalized spacial score (nSPS) is 11.8. The van der Waals surface area contributed by atoms with Gasteiger partial charge in [-0.15, -0.1) is 0 Å². The highest BCUT2D eigenvalue weighted by molar-refractivity contribution is 5.66. The number of carboxylic acid groups (broad SMARTS) is 1. The number of rotatable bonds is 7. The number of carboxylic acids is 1. The van der Waals surface area contributed by atoms with Gasteiger partial charge >= 0.3 is 5.97 Å². The maximum Gasteiger partial charge on any atom is 0.303 e. The largest absolute Gasteiger partial charge is 0.481 e. The Morgan fingerprint density at radius 1 is 1.25 bits per heavy atom. The van der Waals surface area contributed by atoms with E-state index in [1.54, 1.807) is 18.6 Å². The van der Waals surface area contributed by atoms with Crippen molar-refractivity contribution in [2.75, 3.05) is 5.32 Å². The molecule has 1 aromatic heterocycles. The lowest BCUT2D eigenvalue weighted by atomic mass is 10.0. The molecule has 0 saturated heterocycles. The monoisotopic (exact) mass is 271 g/mol. The molecule has 0 aliphatic rings. The third kappa shape index (κ3) is 4.68. The number of hydrogen-bond acceptors (Lipinski definition) is 4. The Morgan fingerprint density at radius 2 is 2.05 bits per heavy atom. The zero-order valence-electron chi connectivity index (χ0n) is 11.1. The van der Waals surface area contributed by atoms with E-state index in [-0.39, 0.29) is 12.5 Å². The van der Waals surface area contributed by atoms with Crippen LogP contribution in [-0.4, -0.2) is 27.1 Å². The molecule has 0 fully saturated rings. The quantitative estimate of drug-likeness (QED) is 0.808. The van der Waals surface area contributed by atoms with E-state index in [0.29, 0.717) is 12.2 Å². The van der Waals surface area contributed by atoms with Crippen LogP contribution in [0.1, 0.15) is 18.4 Å². The van der Waals surface area contributed by atoms with Gasteiger partial charge in [0, 0.05) is 24.9 Å². The van der Waals surface area contributed by atoms with Crippen LogP contribution in [-0.2, 0) is 11.2 Å². The fraction of sp³-hybridized carbons (Fsp3) is 0.267. The van der Waals surface area contributed by atoms with E-state index in [9.17, 15) is 4.79 Å². The minimum Gasteiger partial charge on any atom is -0.481 e. The first-order chi connectivity index (χ1) is 9.74. The Labute approximate surface area is 117 Å². The molecule has 0 amide bonds. The second kappa shape index (κ2) is 7.23. The van der Waals surface area contributed by atoms with Gasteiger partial charge in [0.05, 0.1) is 6.20 Å². The lowest BCUT2D eigenvalue weighted by molar-refractivity contribution is -0.137. The number of aliphatic carboxylic acids is 1. The molecule has 2 rings (SSSR count). The topological polar surface area (TPSA) is 75.1 Å². The Bertz CT molecular complexity index is 490. The highest BCUT2D eigenvalue weighted by Gasteiger charge is 2.12. The summed E-state index contributed by atoms with van der Waals surface area (Å²) >= 11 is 0. The number of hydrogen-bond donors (Lipinski definition) is 2. The molecule has 2 aromatic rings. The molecule has 1 aromatic carbocycles. The fourth-order valence-electron chi connectivity index (χ4n) is 2.00. The van der Waals surface area contributed by atoms with E-state index in [1.165, 1.54) is 5.56 Å². The molecule has 0 aliphatic heterocycles. The van der Waals surface area contributed by atoms with Gasteiger partial charge in [0.15, 0.2) is 0 Å². The summed E-state index contributed by atoms with van der Waals surface area (Å²) in [5, 5.41) is 12.1. The lowest BCUT2D eigenvalue weighted by Gasteiger charge is -2.18. The van der Waals surface area contributed by atoms with Crippen LogP contribution in [0, 0.1) is 0 Å². The zero-order valence-corrected chi connectivity index (χ0v) is 11.1. The Hall–Kier alpha value is -2.43. The first-order valence-electron chi connectivity index (χ1n) is 6.52. The van der Waals surface area contributed by atoms with Crippen LogP contribution in [0.15, 0.2) is 48.9 Å². The molecule has 0 aliphatic carbocycles. The number of nitrogens with one attached hydrogen (secondary N) is 1. The Morgan fingerprint density at radius 3 is 2.70 bits per heavy atom. The highest BCUT2D eigenvalue weighted by Crippen LogP contribution is 2.12. The third-order valence-electron chi connectivity index (χ3n) is 2.95. The smallest absolute Gasteiger partial charge is 0.303 e. The maximum atomic E-state index is 10.8. The molecule has 20 heavy (non-hydrogen) atoms. The van der Waals surface area contributed by atoms with Crippen LogP contribution in [0.5, 0.6) is 0 Å².